The van der Waals surface area contributed by atoms with Crippen molar-refractivity contribution in [2.45, 2.75) is 20.8 Å². The van der Waals surface area contributed by atoms with Crippen molar-refractivity contribution in [3.63, 3.8) is 0 Å². The largest absolute Gasteiger partial charge is 0.456 e. The van der Waals surface area contributed by atoms with Crippen LogP contribution < -0.4 is 0 Å². The molecule has 0 saturated carbocycles. The maximum Gasteiger partial charge on any atom is 0.147 e. The van der Waals surface area contributed by atoms with E-state index >= 15 is 0 Å². The molecule has 0 spiro atoms. The van der Waals surface area contributed by atoms with Gasteiger partial charge in [0.2, 0.25) is 0 Å². The first kappa shape index (κ1) is 36.3. The smallest absolute Gasteiger partial charge is 0.147 e. The number of hydrogen-bond donors (Lipinski definition) is 0. The Bertz CT molecular complexity index is 3690. The second-order valence-electron chi connectivity index (χ2n) is 15.2. The molecule has 4 heteroatoms. The van der Waals surface area contributed by atoms with Gasteiger partial charge in [-0.15, -0.1) is 0 Å². The number of allylic oxidation sites excluding steroid dienone is 1. The van der Waals surface area contributed by atoms with Crippen molar-refractivity contribution in [3.8, 4) is 33.6 Å². The molecule has 4 aromatic heterocycles. The molecular weight excluding hydrogens is 745 g/mol. The Morgan fingerprint density at radius 1 is 0.459 bits per heavy atom. The molecule has 12 aromatic rings. The molecular formula is C57H42N2O2. The second-order valence-corrected chi connectivity index (χ2v) is 15.2. The Morgan fingerprint density at radius 2 is 1.00 bits per heavy atom. The minimum atomic E-state index is 0.732. The molecule has 0 radical (unpaired) electrons. The summed E-state index contributed by atoms with van der Waals surface area (Å²) in [6.07, 6.45) is 5.90. The van der Waals surface area contributed by atoms with Gasteiger partial charge in [-0.1, -0.05) is 118 Å². The lowest BCUT2D eigenvalue weighted by molar-refractivity contribution is 0.603. The number of nitrogens with zero attached hydrogens (tertiary/aromatic N) is 2. The van der Waals surface area contributed by atoms with Crippen LogP contribution in [-0.4, -0.2) is 9.13 Å². The highest BCUT2D eigenvalue weighted by Crippen LogP contribution is 2.46. The number of furan rings is 2. The number of para-hydroxylation sites is 4. The molecule has 4 nitrogen and oxygen atoms in total. The summed E-state index contributed by atoms with van der Waals surface area (Å²) < 4.78 is 18.1. The van der Waals surface area contributed by atoms with Gasteiger partial charge in [-0.05, 0) is 115 Å². The van der Waals surface area contributed by atoms with Crippen LogP contribution in [0.3, 0.4) is 0 Å². The van der Waals surface area contributed by atoms with Crippen LogP contribution in [0.25, 0.3) is 122 Å². The molecule has 0 aliphatic heterocycles. The molecule has 8 aromatic carbocycles. The van der Waals surface area contributed by atoms with E-state index < -0.39 is 0 Å². The van der Waals surface area contributed by atoms with E-state index in [0.29, 0.717) is 0 Å². The summed E-state index contributed by atoms with van der Waals surface area (Å²) in [4.78, 5) is 0. The number of aromatic nitrogens is 2. The molecule has 0 saturated heterocycles. The molecule has 0 bridgehead atoms. The van der Waals surface area contributed by atoms with Gasteiger partial charge in [0, 0.05) is 54.8 Å². The lowest BCUT2D eigenvalue weighted by atomic mass is 9.94. The van der Waals surface area contributed by atoms with Gasteiger partial charge < -0.3 is 18.0 Å². The van der Waals surface area contributed by atoms with Gasteiger partial charge in [-0.25, -0.2) is 0 Å². The first-order valence-electron chi connectivity index (χ1n) is 21.1. The average Bonchev–Trinajstić information content (AvgIpc) is 4.07. The first-order valence-corrected chi connectivity index (χ1v) is 21.1. The molecule has 0 aliphatic carbocycles. The van der Waals surface area contributed by atoms with E-state index in [1.165, 1.54) is 38.1 Å². The molecule has 12 rings (SSSR count). The zero-order chi connectivity index (χ0) is 41.2. The summed E-state index contributed by atoms with van der Waals surface area (Å²) in [5.41, 5.74) is 14.8. The van der Waals surface area contributed by atoms with Crippen LogP contribution in [0.15, 0.2) is 191 Å². The van der Waals surface area contributed by atoms with E-state index in [9.17, 15) is 0 Å². The highest BCUT2D eigenvalue weighted by atomic mass is 16.3. The Kier molecular flexibility index (Phi) is 8.61. The number of benzene rings is 8. The maximum atomic E-state index is 7.10. The number of rotatable bonds is 6. The lowest BCUT2D eigenvalue weighted by Crippen LogP contribution is -1.93. The van der Waals surface area contributed by atoms with Crippen molar-refractivity contribution < 1.29 is 8.83 Å². The highest BCUT2D eigenvalue weighted by Gasteiger charge is 2.22. The Hall–Kier alpha value is -7.82. The monoisotopic (exact) mass is 786 g/mol. The maximum absolute atomic E-state index is 7.10. The quantitative estimate of drug-likeness (QED) is 0.168. The van der Waals surface area contributed by atoms with Crippen molar-refractivity contribution in [3.05, 3.63) is 194 Å². The molecule has 61 heavy (non-hydrogen) atoms. The molecule has 0 unspecified atom stereocenters. The van der Waals surface area contributed by atoms with Crippen molar-refractivity contribution in [1.82, 2.24) is 9.13 Å². The van der Waals surface area contributed by atoms with Gasteiger partial charge >= 0.3 is 0 Å². The minimum Gasteiger partial charge on any atom is -0.456 e. The van der Waals surface area contributed by atoms with Crippen LogP contribution in [-0.2, 0) is 0 Å². The molecule has 0 fully saturated rings. The fraction of sp³-hybridized carbons (Fsp3) is 0.0526. The van der Waals surface area contributed by atoms with Crippen LogP contribution in [0, 0.1) is 0 Å². The van der Waals surface area contributed by atoms with Crippen molar-refractivity contribution >= 4 is 88.7 Å². The van der Waals surface area contributed by atoms with Crippen LogP contribution in [0.5, 0.6) is 0 Å². The summed E-state index contributed by atoms with van der Waals surface area (Å²) in [5.74, 6) is 0.732. The van der Waals surface area contributed by atoms with Crippen LogP contribution in [0.4, 0.5) is 0 Å². The third-order valence-corrected chi connectivity index (χ3v) is 12.0. The highest BCUT2D eigenvalue weighted by molar-refractivity contribution is 6.20. The third kappa shape index (κ3) is 5.53. The van der Waals surface area contributed by atoms with E-state index in [4.69, 9.17) is 8.83 Å². The van der Waals surface area contributed by atoms with Gasteiger partial charge in [0.15, 0.2) is 0 Å². The minimum absolute atomic E-state index is 0.732. The molecule has 4 heterocycles. The molecule has 0 amide bonds. The number of fused-ring (bicyclic) bond motifs is 11. The normalized spacial score (nSPS) is 11.9. The van der Waals surface area contributed by atoms with Gasteiger partial charge in [-0.3, -0.25) is 0 Å². The summed E-state index contributed by atoms with van der Waals surface area (Å²) in [5, 5.41) is 7.88. The van der Waals surface area contributed by atoms with Crippen molar-refractivity contribution in [2.24, 2.45) is 0 Å². The Balaban J connectivity index is 0.00000207. The third-order valence-electron chi connectivity index (χ3n) is 12.0. The van der Waals surface area contributed by atoms with Crippen LogP contribution >= 0.6 is 0 Å². The van der Waals surface area contributed by atoms with Crippen LogP contribution in [0.1, 0.15) is 32.1 Å². The standard InChI is InChI=1S/C55H36N2O2.C2H6/c1-3-15-42-51(4-2)58-52-29-26-41-46-33-36(34-24-27-49-44(30-34)39-20-11-13-22-47(39)56(49)37-16-7-5-8-17-37)32-43(54(46)59-55(41)53(42)52)35-25-28-50-45(31-35)40-21-12-14-23-48(40)57(50)38-18-9-6-10-19-38;1-2/h3-33H,2H2,1H3;1-2H3/b15-3-;. The molecule has 292 valence electrons. The Labute approximate surface area is 353 Å². The van der Waals surface area contributed by atoms with Gasteiger partial charge in [0.1, 0.15) is 22.5 Å². The zero-order valence-corrected chi connectivity index (χ0v) is 34.3. The molecule has 0 N–H and O–H groups in total. The van der Waals surface area contributed by atoms with Gasteiger partial charge in [0.25, 0.3) is 0 Å². The van der Waals surface area contributed by atoms with Crippen LogP contribution in [0.2, 0.25) is 0 Å². The summed E-state index contributed by atoms with van der Waals surface area (Å²) in [6, 6.07) is 61.2. The summed E-state index contributed by atoms with van der Waals surface area (Å²) >= 11 is 0. The fourth-order valence-electron chi connectivity index (χ4n) is 9.43. The predicted molar refractivity (Wildman–Crippen MR) is 259 cm³/mol. The summed E-state index contributed by atoms with van der Waals surface area (Å²) in [7, 11) is 0. The zero-order valence-electron chi connectivity index (χ0n) is 34.3. The molecule has 0 atom stereocenters. The average molecular weight is 787 g/mol. The van der Waals surface area contributed by atoms with Gasteiger partial charge in [0.05, 0.1) is 27.5 Å². The lowest BCUT2D eigenvalue weighted by Gasteiger charge is -2.11. The number of hydrogen-bond acceptors (Lipinski definition) is 2. The van der Waals surface area contributed by atoms with E-state index in [1.54, 1.807) is 6.08 Å². The van der Waals surface area contributed by atoms with Gasteiger partial charge in [-0.2, -0.15) is 0 Å². The molecule has 0 aliphatic rings. The second kappa shape index (κ2) is 14.5. The predicted octanol–water partition coefficient (Wildman–Crippen LogP) is 16.6. The van der Waals surface area contributed by atoms with E-state index in [-0.39, 0.29) is 0 Å². The SMILES string of the molecule is C=Cc1oc2ccc3c4cc(-c5ccc6c(c5)c5ccccc5n6-c5ccccc5)cc(-c5ccc6c(c5)c5ccccc5n6-c5ccccc5)c4oc3c2c1/C=C\C.CC. The fourth-order valence-corrected chi connectivity index (χ4v) is 9.43. The van der Waals surface area contributed by atoms with E-state index in [1.807, 2.05) is 26.8 Å². The van der Waals surface area contributed by atoms with Crippen molar-refractivity contribution in [2.75, 3.05) is 0 Å². The topological polar surface area (TPSA) is 36.1 Å². The van der Waals surface area contributed by atoms with E-state index in [0.717, 1.165) is 83.4 Å². The van der Waals surface area contributed by atoms with E-state index in [2.05, 4.69) is 192 Å². The summed E-state index contributed by atoms with van der Waals surface area (Å²) in [6.45, 7) is 10.1. The van der Waals surface area contributed by atoms with Crippen molar-refractivity contribution in [1.29, 1.82) is 0 Å². The first-order chi connectivity index (χ1) is 30.2. The Morgan fingerprint density at radius 3 is 1.61 bits per heavy atom.